The van der Waals surface area contributed by atoms with Crippen LogP contribution in [0.2, 0.25) is 0 Å². The topological polar surface area (TPSA) is 66.4 Å². The Balaban J connectivity index is 2.32. The van der Waals surface area contributed by atoms with Gasteiger partial charge >= 0.3 is 5.97 Å². The van der Waals surface area contributed by atoms with Crippen molar-refractivity contribution in [3.8, 4) is 0 Å². The van der Waals surface area contributed by atoms with E-state index in [1.54, 1.807) is 0 Å². The quantitative estimate of drug-likeness (QED) is 0.654. The SMILES string of the molecule is CCCCCC(=O)NC1(CC(=O)O)CCC1. The second-order valence-electron chi connectivity index (χ2n) is 4.71. The molecule has 0 spiro atoms. The maximum atomic E-state index is 11.6. The number of amides is 1. The van der Waals surface area contributed by atoms with E-state index in [0.717, 1.165) is 38.5 Å². The van der Waals surface area contributed by atoms with Crippen molar-refractivity contribution in [3.05, 3.63) is 0 Å². The Bertz CT molecular complexity index is 259. The maximum absolute atomic E-state index is 11.6. The minimum absolute atomic E-state index is 0.00870. The number of carbonyl (C=O) groups excluding carboxylic acids is 1. The van der Waals surface area contributed by atoms with Gasteiger partial charge in [-0.25, -0.2) is 0 Å². The summed E-state index contributed by atoms with van der Waals surface area (Å²) < 4.78 is 0. The highest BCUT2D eigenvalue weighted by Crippen LogP contribution is 2.35. The Morgan fingerprint density at radius 3 is 2.44 bits per heavy atom. The van der Waals surface area contributed by atoms with Gasteiger partial charge in [0.1, 0.15) is 0 Å². The molecule has 1 aliphatic rings. The molecule has 1 aliphatic carbocycles. The molecule has 0 aliphatic heterocycles. The number of unbranched alkanes of at least 4 members (excludes halogenated alkanes) is 2. The average Bonchev–Trinajstić information content (AvgIpc) is 2.14. The van der Waals surface area contributed by atoms with Gasteiger partial charge in [-0.3, -0.25) is 9.59 Å². The van der Waals surface area contributed by atoms with E-state index in [2.05, 4.69) is 12.2 Å². The fraction of sp³-hybridized carbons (Fsp3) is 0.833. The smallest absolute Gasteiger partial charge is 0.305 e. The van der Waals surface area contributed by atoms with Crippen LogP contribution >= 0.6 is 0 Å². The second-order valence-corrected chi connectivity index (χ2v) is 4.71. The first kappa shape index (κ1) is 13.0. The number of hydrogen-bond donors (Lipinski definition) is 2. The molecular weight excluding hydrogens is 206 g/mol. The third-order valence-corrected chi connectivity index (χ3v) is 3.21. The van der Waals surface area contributed by atoms with Gasteiger partial charge in [-0.15, -0.1) is 0 Å². The summed E-state index contributed by atoms with van der Waals surface area (Å²) in [4.78, 5) is 22.3. The van der Waals surface area contributed by atoms with Crippen molar-refractivity contribution in [1.82, 2.24) is 5.32 Å². The summed E-state index contributed by atoms with van der Waals surface area (Å²) in [5.74, 6) is -0.817. The van der Waals surface area contributed by atoms with Gasteiger partial charge in [-0.1, -0.05) is 19.8 Å². The van der Waals surface area contributed by atoms with Crippen LogP contribution in [0, 0.1) is 0 Å². The normalized spacial score (nSPS) is 17.6. The summed E-state index contributed by atoms with van der Waals surface area (Å²) in [5, 5.41) is 11.7. The molecule has 0 heterocycles. The second kappa shape index (κ2) is 5.87. The molecule has 0 bridgehead atoms. The highest BCUT2D eigenvalue weighted by Gasteiger charge is 2.39. The zero-order chi connectivity index (χ0) is 12.0. The number of carbonyl (C=O) groups is 2. The molecule has 92 valence electrons. The first-order valence-electron chi connectivity index (χ1n) is 6.11. The van der Waals surface area contributed by atoms with Crippen LogP contribution in [0.5, 0.6) is 0 Å². The van der Waals surface area contributed by atoms with E-state index >= 15 is 0 Å². The molecule has 4 heteroatoms. The molecule has 0 saturated heterocycles. The first-order chi connectivity index (χ1) is 7.58. The third-order valence-electron chi connectivity index (χ3n) is 3.21. The van der Waals surface area contributed by atoms with Crippen molar-refractivity contribution in [3.63, 3.8) is 0 Å². The zero-order valence-corrected chi connectivity index (χ0v) is 9.92. The molecule has 0 aromatic rings. The summed E-state index contributed by atoms with van der Waals surface area (Å²) >= 11 is 0. The van der Waals surface area contributed by atoms with E-state index in [1.165, 1.54) is 0 Å². The van der Waals surface area contributed by atoms with Crippen LogP contribution in [0.1, 0.15) is 58.3 Å². The Kier molecular flexibility index (Phi) is 4.77. The van der Waals surface area contributed by atoms with Crippen LogP contribution in [-0.2, 0) is 9.59 Å². The summed E-state index contributed by atoms with van der Waals surface area (Å²) in [6, 6.07) is 0. The largest absolute Gasteiger partial charge is 0.481 e. The van der Waals surface area contributed by atoms with E-state index in [-0.39, 0.29) is 12.3 Å². The molecule has 16 heavy (non-hydrogen) atoms. The minimum atomic E-state index is -0.825. The van der Waals surface area contributed by atoms with E-state index in [4.69, 9.17) is 5.11 Å². The molecular formula is C12H21NO3. The van der Waals surface area contributed by atoms with Gasteiger partial charge in [0.2, 0.25) is 5.91 Å². The summed E-state index contributed by atoms with van der Waals surface area (Å²) in [6.45, 7) is 2.09. The van der Waals surface area contributed by atoms with Gasteiger partial charge in [0.05, 0.1) is 12.0 Å². The van der Waals surface area contributed by atoms with Crippen molar-refractivity contribution in [2.75, 3.05) is 0 Å². The van der Waals surface area contributed by atoms with E-state index in [9.17, 15) is 9.59 Å². The Hall–Kier alpha value is -1.06. The fourth-order valence-corrected chi connectivity index (χ4v) is 2.13. The Morgan fingerprint density at radius 1 is 1.31 bits per heavy atom. The van der Waals surface area contributed by atoms with Gasteiger partial charge in [-0.2, -0.15) is 0 Å². The van der Waals surface area contributed by atoms with Crippen LogP contribution in [0.15, 0.2) is 0 Å². The molecule has 2 N–H and O–H groups in total. The van der Waals surface area contributed by atoms with Gasteiger partial charge < -0.3 is 10.4 Å². The molecule has 0 aromatic carbocycles. The van der Waals surface area contributed by atoms with Crippen molar-refractivity contribution in [2.45, 2.75) is 63.8 Å². The van der Waals surface area contributed by atoms with Crippen LogP contribution < -0.4 is 5.32 Å². The molecule has 1 amide bonds. The first-order valence-corrected chi connectivity index (χ1v) is 6.11. The molecule has 0 unspecified atom stereocenters. The standard InChI is InChI=1S/C12H21NO3/c1-2-3-4-6-10(14)13-12(7-5-8-12)9-11(15)16/h2-9H2,1H3,(H,13,14)(H,15,16). The lowest BCUT2D eigenvalue weighted by Crippen LogP contribution is -2.54. The number of carboxylic acid groups (broad SMARTS) is 1. The van der Waals surface area contributed by atoms with Crippen LogP contribution in [-0.4, -0.2) is 22.5 Å². The molecule has 0 atom stereocenters. The molecule has 0 aromatic heterocycles. The lowest BCUT2D eigenvalue weighted by Gasteiger charge is -2.41. The minimum Gasteiger partial charge on any atom is -0.481 e. The molecule has 1 rings (SSSR count). The third kappa shape index (κ3) is 3.83. The van der Waals surface area contributed by atoms with Crippen molar-refractivity contribution >= 4 is 11.9 Å². The number of aliphatic carboxylic acids is 1. The van der Waals surface area contributed by atoms with Crippen LogP contribution in [0.3, 0.4) is 0 Å². The Morgan fingerprint density at radius 2 is 2.00 bits per heavy atom. The fourth-order valence-electron chi connectivity index (χ4n) is 2.13. The van der Waals surface area contributed by atoms with Gasteiger partial charge in [-0.05, 0) is 25.7 Å². The zero-order valence-electron chi connectivity index (χ0n) is 9.92. The van der Waals surface area contributed by atoms with Gasteiger partial charge in [0, 0.05) is 6.42 Å². The molecule has 4 nitrogen and oxygen atoms in total. The lowest BCUT2D eigenvalue weighted by atomic mass is 9.74. The van der Waals surface area contributed by atoms with Crippen molar-refractivity contribution in [2.24, 2.45) is 0 Å². The van der Waals surface area contributed by atoms with Gasteiger partial charge in [0.25, 0.3) is 0 Å². The highest BCUT2D eigenvalue weighted by atomic mass is 16.4. The monoisotopic (exact) mass is 227 g/mol. The Labute approximate surface area is 96.4 Å². The van der Waals surface area contributed by atoms with E-state index < -0.39 is 11.5 Å². The lowest BCUT2D eigenvalue weighted by molar-refractivity contribution is -0.140. The number of carboxylic acids is 1. The molecule has 1 fully saturated rings. The summed E-state index contributed by atoms with van der Waals surface area (Å²) in [5.41, 5.74) is -0.435. The van der Waals surface area contributed by atoms with Crippen molar-refractivity contribution < 1.29 is 14.7 Å². The predicted octanol–water partition coefficient (Wildman–Crippen LogP) is 2.08. The number of nitrogens with one attached hydrogen (secondary N) is 1. The predicted molar refractivity (Wildman–Crippen MR) is 61.1 cm³/mol. The van der Waals surface area contributed by atoms with Crippen molar-refractivity contribution in [1.29, 1.82) is 0 Å². The van der Waals surface area contributed by atoms with E-state index in [1.807, 2.05) is 0 Å². The number of rotatable bonds is 7. The van der Waals surface area contributed by atoms with E-state index in [0.29, 0.717) is 6.42 Å². The number of hydrogen-bond acceptors (Lipinski definition) is 2. The highest BCUT2D eigenvalue weighted by molar-refractivity contribution is 5.78. The van der Waals surface area contributed by atoms with Crippen LogP contribution in [0.25, 0.3) is 0 Å². The average molecular weight is 227 g/mol. The molecule has 0 radical (unpaired) electrons. The molecule has 1 saturated carbocycles. The maximum Gasteiger partial charge on any atom is 0.305 e. The van der Waals surface area contributed by atoms with Gasteiger partial charge in [0.15, 0.2) is 0 Å². The van der Waals surface area contributed by atoms with Crippen LogP contribution in [0.4, 0.5) is 0 Å². The summed E-state index contributed by atoms with van der Waals surface area (Å²) in [6.07, 6.45) is 6.25. The summed E-state index contributed by atoms with van der Waals surface area (Å²) in [7, 11) is 0.